The second-order valence-electron chi connectivity index (χ2n) is 4.66. The van der Waals surface area contributed by atoms with E-state index >= 15 is 0 Å². The summed E-state index contributed by atoms with van der Waals surface area (Å²) in [4.78, 5) is 36.1. The zero-order valence-electron chi connectivity index (χ0n) is 13.0. The molecular formula is C15H19ClN2O4S. The van der Waals surface area contributed by atoms with Gasteiger partial charge in [-0.2, -0.15) is 11.8 Å². The lowest BCUT2D eigenvalue weighted by molar-refractivity contribution is -0.140. The van der Waals surface area contributed by atoms with Crippen LogP contribution in [0.1, 0.15) is 6.42 Å². The topological polar surface area (TPSA) is 75.7 Å². The lowest BCUT2D eigenvalue weighted by Gasteiger charge is -2.17. The van der Waals surface area contributed by atoms with Gasteiger partial charge in [0, 0.05) is 12.8 Å². The Morgan fingerprint density at radius 2 is 2.00 bits per heavy atom. The van der Waals surface area contributed by atoms with Crippen LogP contribution in [0.2, 0.25) is 5.02 Å². The van der Waals surface area contributed by atoms with E-state index in [1.807, 2.05) is 0 Å². The number of amides is 2. The molecular weight excluding hydrogens is 340 g/mol. The van der Waals surface area contributed by atoms with Gasteiger partial charge in [0.2, 0.25) is 11.8 Å². The van der Waals surface area contributed by atoms with Gasteiger partial charge in [-0.15, -0.1) is 0 Å². The molecule has 8 heteroatoms. The Bertz CT molecular complexity index is 568. The van der Waals surface area contributed by atoms with Crippen LogP contribution < -0.4 is 5.32 Å². The van der Waals surface area contributed by atoms with Crippen molar-refractivity contribution in [3.8, 4) is 0 Å². The molecule has 1 aromatic carbocycles. The standard InChI is InChI=1S/C15H19ClN2O4S/c1-18(14(20)10-23-8-7-15(21)22-2)9-13(19)17-12-6-4-3-5-11(12)16/h3-6H,7-10H2,1-2H3,(H,17,19). The summed E-state index contributed by atoms with van der Waals surface area (Å²) < 4.78 is 4.51. The fourth-order valence-corrected chi connectivity index (χ4v) is 2.62. The largest absolute Gasteiger partial charge is 0.469 e. The minimum absolute atomic E-state index is 0.0678. The zero-order valence-corrected chi connectivity index (χ0v) is 14.6. The van der Waals surface area contributed by atoms with Crippen LogP contribution in [0.15, 0.2) is 24.3 Å². The van der Waals surface area contributed by atoms with Crippen LogP contribution in [0.5, 0.6) is 0 Å². The van der Waals surface area contributed by atoms with Gasteiger partial charge in [-0.25, -0.2) is 0 Å². The molecule has 0 aliphatic heterocycles. The highest BCUT2D eigenvalue weighted by molar-refractivity contribution is 7.99. The highest BCUT2D eigenvalue weighted by atomic mass is 35.5. The highest BCUT2D eigenvalue weighted by Crippen LogP contribution is 2.20. The zero-order chi connectivity index (χ0) is 17.2. The number of esters is 1. The summed E-state index contributed by atoms with van der Waals surface area (Å²) in [5.41, 5.74) is 0.507. The van der Waals surface area contributed by atoms with Crippen LogP contribution in [-0.2, 0) is 19.1 Å². The summed E-state index contributed by atoms with van der Waals surface area (Å²) in [7, 11) is 2.87. The second-order valence-corrected chi connectivity index (χ2v) is 6.17. The first-order valence-corrected chi connectivity index (χ1v) is 8.40. The molecule has 1 rings (SSSR count). The van der Waals surface area contributed by atoms with E-state index in [1.54, 1.807) is 31.3 Å². The number of benzene rings is 1. The molecule has 1 N–H and O–H groups in total. The van der Waals surface area contributed by atoms with E-state index in [9.17, 15) is 14.4 Å². The van der Waals surface area contributed by atoms with Crippen molar-refractivity contribution in [3.05, 3.63) is 29.3 Å². The third-order valence-corrected chi connectivity index (χ3v) is 4.13. The van der Waals surface area contributed by atoms with Crippen LogP contribution in [0.3, 0.4) is 0 Å². The molecule has 0 saturated heterocycles. The maximum Gasteiger partial charge on any atom is 0.306 e. The Morgan fingerprint density at radius 1 is 1.30 bits per heavy atom. The molecule has 1 aromatic rings. The number of methoxy groups -OCH3 is 1. The number of halogens is 1. The summed E-state index contributed by atoms with van der Waals surface area (Å²) in [5, 5.41) is 3.09. The summed E-state index contributed by atoms with van der Waals surface area (Å²) >= 11 is 7.28. The summed E-state index contributed by atoms with van der Waals surface area (Å²) in [5.74, 6) is -0.120. The predicted molar refractivity (Wildman–Crippen MR) is 91.7 cm³/mol. The first kappa shape index (κ1) is 19.3. The van der Waals surface area contributed by atoms with Gasteiger partial charge in [-0.3, -0.25) is 14.4 Å². The minimum atomic E-state index is -0.325. The number of hydrogen-bond donors (Lipinski definition) is 1. The molecule has 23 heavy (non-hydrogen) atoms. The highest BCUT2D eigenvalue weighted by Gasteiger charge is 2.14. The molecule has 0 atom stereocenters. The summed E-state index contributed by atoms with van der Waals surface area (Å²) in [6.07, 6.45) is 0.255. The van der Waals surface area contributed by atoms with Crippen molar-refractivity contribution < 1.29 is 19.1 Å². The molecule has 6 nitrogen and oxygen atoms in total. The monoisotopic (exact) mass is 358 g/mol. The molecule has 0 heterocycles. The van der Waals surface area contributed by atoms with Gasteiger partial charge >= 0.3 is 5.97 Å². The number of thioether (sulfide) groups is 1. The summed E-state index contributed by atoms with van der Waals surface area (Å²) in [6.45, 7) is -0.0678. The van der Waals surface area contributed by atoms with E-state index < -0.39 is 0 Å². The maximum absolute atomic E-state index is 11.9. The minimum Gasteiger partial charge on any atom is -0.469 e. The number of ether oxygens (including phenoxy) is 1. The molecule has 0 saturated carbocycles. The van der Waals surface area contributed by atoms with Gasteiger partial charge in [0.1, 0.15) is 0 Å². The molecule has 0 radical (unpaired) electrons. The van der Waals surface area contributed by atoms with E-state index in [1.165, 1.54) is 23.8 Å². The third kappa shape index (κ3) is 7.38. The van der Waals surface area contributed by atoms with Gasteiger partial charge in [-0.05, 0) is 12.1 Å². The van der Waals surface area contributed by atoms with Crippen molar-refractivity contribution in [1.29, 1.82) is 0 Å². The number of anilines is 1. The van der Waals surface area contributed by atoms with E-state index in [2.05, 4.69) is 10.1 Å². The Morgan fingerprint density at radius 3 is 2.65 bits per heavy atom. The average Bonchev–Trinajstić information content (AvgIpc) is 2.53. The van der Waals surface area contributed by atoms with Gasteiger partial charge in [-0.1, -0.05) is 23.7 Å². The second kappa shape index (κ2) is 10.1. The fourth-order valence-electron chi connectivity index (χ4n) is 1.58. The predicted octanol–water partition coefficient (Wildman–Crippen LogP) is 2.03. The maximum atomic E-state index is 11.9. The number of nitrogens with zero attached hydrogens (tertiary/aromatic N) is 1. The van der Waals surface area contributed by atoms with E-state index in [0.29, 0.717) is 16.5 Å². The number of carbonyl (C=O) groups is 3. The molecule has 126 valence electrons. The Labute approximate surface area is 144 Å². The number of rotatable bonds is 8. The van der Waals surface area contributed by atoms with Gasteiger partial charge < -0.3 is 15.0 Å². The molecule has 0 bridgehead atoms. The van der Waals surface area contributed by atoms with Gasteiger partial charge in [0.15, 0.2) is 0 Å². The van der Waals surface area contributed by atoms with Crippen molar-refractivity contribution in [2.45, 2.75) is 6.42 Å². The quantitative estimate of drug-likeness (QED) is 0.568. The first-order valence-electron chi connectivity index (χ1n) is 6.87. The lowest BCUT2D eigenvalue weighted by Crippen LogP contribution is -2.36. The van der Waals surface area contributed by atoms with Crippen molar-refractivity contribution in [1.82, 2.24) is 4.90 Å². The molecule has 0 aliphatic carbocycles. The Hall–Kier alpha value is -1.73. The van der Waals surface area contributed by atoms with Crippen LogP contribution >= 0.6 is 23.4 Å². The Kier molecular flexibility index (Phi) is 8.50. The number of carbonyl (C=O) groups excluding carboxylic acids is 3. The number of hydrogen-bond acceptors (Lipinski definition) is 5. The SMILES string of the molecule is COC(=O)CCSCC(=O)N(C)CC(=O)Nc1ccccc1Cl. The number of nitrogens with one attached hydrogen (secondary N) is 1. The van der Waals surface area contributed by atoms with Crippen LogP contribution in [0.4, 0.5) is 5.69 Å². The molecule has 0 fully saturated rings. The first-order chi connectivity index (χ1) is 10.9. The number of para-hydroxylation sites is 1. The van der Waals surface area contributed by atoms with Crippen molar-refractivity contribution in [3.63, 3.8) is 0 Å². The molecule has 0 spiro atoms. The van der Waals surface area contributed by atoms with E-state index in [4.69, 9.17) is 11.6 Å². The van der Waals surface area contributed by atoms with Crippen LogP contribution in [-0.4, -0.2) is 54.9 Å². The normalized spacial score (nSPS) is 10.0. The van der Waals surface area contributed by atoms with E-state index in [0.717, 1.165) is 0 Å². The smallest absolute Gasteiger partial charge is 0.306 e. The third-order valence-electron chi connectivity index (χ3n) is 2.86. The van der Waals surface area contributed by atoms with Crippen molar-refractivity contribution >= 4 is 46.8 Å². The molecule has 0 aromatic heterocycles. The van der Waals surface area contributed by atoms with E-state index in [-0.39, 0.29) is 36.5 Å². The fraction of sp³-hybridized carbons (Fsp3) is 0.400. The van der Waals surface area contributed by atoms with Crippen molar-refractivity contribution in [2.24, 2.45) is 0 Å². The van der Waals surface area contributed by atoms with Crippen LogP contribution in [0, 0.1) is 0 Å². The van der Waals surface area contributed by atoms with Crippen LogP contribution in [0.25, 0.3) is 0 Å². The van der Waals surface area contributed by atoms with Gasteiger partial charge in [0.25, 0.3) is 0 Å². The molecule has 0 aliphatic rings. The summed E-state index contributed by atoms with van der Waals surface area (Å²) in [6, 6.07) is 6.88. The number of likely N-dealkylation sites (N-methyl/N-ethyl adjacent to an activating group) is 1. The Balaban J connectivity index is 2.32. The van der Waals surface area contributed by atoms with Crippen molar-refractivity contribution in [2.75, 3.05) is 37.5 Å². The average molecular weight is 359 g/mol. The molecule has 0 unspecified atom stereocenters. The lowest BCUT2D eigenvalue weighted by atomic mass is 10.3. The van der Waals surface area contributed by atoms with Gasteiger partial charge in [0.05, 0.1) is 36.5 Å². The molecule has 2 amide bonds.